The molecule has 4 heteroatoms. The second kappa shape index (κ2) is 11.2. The van der Waals surface area contributed by atoms with Crippen LogP contribution in [0.25, 0.3) is 0 Å². The van der Waals surface area contributed by atoms with E-state index >= 15 is 0 Å². The predicted molar refractivity (Wildman–Crippen MR) is 76.9 cm³/mol. The van der Waals surface area contributed by atoms with Gasteiger partial charge in [0.05, 0.1) is 6.04 Å². The SMILES string of the molecule is CC(C)CC(N)C(=O)N/C=C/CCCCCCN. The molecule has 0 radical (unpaired) electrons. The van der Waals surface area contributed by atoms with Gasteiger partial charge in [0.25, 0.3) is 0 Å². The van der Waals surface area contributed by atoms with Crippen LogP contribution in [0.4, 0.5) is 0 Å². The molecule has 0 aliphatic heterocycles. The van der Waals surface area contributed by atoms with Gasteiger partial charge >= 0.3 is 0 Å². The molecule has 106 valence electrons. The first-order chi connectivity index (χ1) is 8.57. The van der Waals surface area contributed by atoms with Gasteiger partial charge in [-0.25, -0.2) is 0 Å². The molecular formula is C14H29N3O. The maximum Gasteiger partial charge on any atom is 0.240 e. The minimum Gasteiger partial charge on any atom is -0.332 e. The normalized spacial score (nSPS) is 13.2. The van der Waals surface area contributed by atoms with Crippen molar-refractivity contribution < 1.29 is 4.79 Å². The molecule has 18 heavy (non-hydrogen) atoms. The van der Waals surface area contributed by atoms with Crippen molar-refractivity contribution in [3.8, 4) is 0 Å². The maximum atomic E-state index is 11.6. The third kappa shape index (κ3) is 10.3. The number of hydrogen-bond acceptors (Lipinski definition) is 3. The van der Waals surface area contributed by atoms with Gasteiger partial charge in [0, 0.05) is 0 Å². The van der Waals surface area contributed by atoms with E-state index in [0.29, 0.717) is 5.92 Å². The van der Waals surface area contributed by atoms with Gasteiger partial charge in [0.15, 0.2) is 0 Å². The Morgan fingerprint density at radius 1 is 1.22 bits per heavy atom. The number of allylic oxidation sites excluding steroid dienone is 1. The second-order valence-electron chi connectivity index (χ2n) is 5.14. The highest BCUT2D eigenvalue weighted by molar-refractivity contribution is 5.82. The largest absolute Gasteiger partial charge is 0.332 e. The molecule has 0 rings (SSSR count). The average Bonchev–Trinajstić information content (AvgIpc) is 2.31. The molecule has 0 heterocycles. The van der Waals surface area contributed by atoms with Crippen LogP contribution in [-0.4, -0.2) is 18.5 Å². The van der Waals surface area contributed by atoms with Gasteiger partial charge in [-0.3, -0.25) is 4.79 Å². The van der Waals surface area contributed by atoms with E-state index in [1.54, 1.807) is 6.20 Å². The smallest absolute Gasteiger partial charge is 0.240 e. The molecule has 0 aliphatic rings. The van der Waals surface area contributed by atoms with E-state index in [-0.39, 0.29) is 5.91 Å². The van der Waals surface area contributed by atoms with Crippen molar-refractivity contribution in [3.63, 3.8) is 0 Å². The van der Waals surface area contributed by atoms with Gasteiger partial charge in [-0.1, -0.05) is 32.8 Å². The topological polar surface area (TPSA) is 81.1 Å². The molecule has 1 amide bonds. The fraction of sp³-hybridized carbons (Fsp3) is 0.786. The number of nitrogens with two attached hydrogens (primary N) is 2. The molecule has 0 spiro atoms. The van der Waals surface area contributed by atoms with Gasteiger partial charge in [0.2, 0.25) is 5.91 Å². The van der Waals surface area contributed by atoms with Crippen molar-refractivity contribution in [2.45, 2.75) is 58.4 Å². The Hall–Kier alpha value is -0.870. The summed E-state index contributed by atoms with van der Waals surface area (Å²) in [4.78, 5) is 11.6. The zero-order valence-corrected chi connectivity index (χ0v) is 11.8. The molecule has 0 aromatic carbocycles. The number of unbranched alkanes of at least 4 members (excludes halogenated alkanes) is 4. The molecule has 1 unspecified atom stereocenters. The lowest BCUT2D eigenvalue weighted by Gasteiger charge is -2.12. The highest BCUT2D eigenvalue weighted by atomic mass is 16.2. The van der Waals surface area contributed by atoms with E-state index < -0.39 is 6.04 Å². The zero-order valence-electron chi connectivity index (χ0n) is 11.8. The molecule has 1 atom stereocenters. The molecule has 0 saturated carbocycles. The Bertz CT molecular complexity index is 239. The van der Waals surface area contributed by atoms with Crippen LogP contribution in [0.3, 0.4) is 0 Å². The number of amides is 1. The van der Waals surface area contributed by atoms with Crippen molar-refractivity contribution in [1.29, 1.82) is 0 Å². The number of hydrogen-bond donors (Lipinski definition) is 3. The quantitative estimate of drug-likeness (QED) is 0.521. The summed E-state index contributed by atoms with van der Waals surface area (Å²) in [5.41, 5.74) is 11.2. The fourth-order valence-corrected chi connectivity index (χ4v) is 1.71. The van der Waals surface area contributed by atoms with Crippen LogP contribution >= 0.6 is 0 Å². The first-order valence-corrected chi connectivity index (χ1v) is 6.99. The number of rotatable bonds is 10. The van der Waals surface area contributed by atoms with Crippen LogP contribution in [0.15, 0.2) is 12.3 Å². The van der Waals surface area contributed by atoms with Crippen molar-refractivity contribution in [3.05, 3.63) is 12.3 Å². The summed E-state index contributed by atoms with van der Waals surface area (Å²) in [5.74, 6) is 0.348. The fourth-order valence-electron chi connectivity index (χ4n) is 1.71. The number of carbonyl (C=O) groups is 1. The Morgan fingerprint density at radius 3 is 2.50 bits per heavy atom. The van der Waals surface area contributed by atoms with E-state index in [1.807, 2.05) is 6.08 Å². The summed E-state index contributed by atoms with van der Waals surface area (Å²) in [6, 6.07) is -0.404. The van der Waals surface area contributed by atoms with E-state index in [0.717, 1.165) is 32.2 Å². The van der Waals surface area contributed by atoms with Gasteiger partial charge in [-0.05, 0) is 44.3 Å². The Balaban J connectivity index is 3.53. The van der Waals surface area contributed by atoms with Crippen LogP contribution in [0.5, 0.6) is 0 Å². The predicted octanol–water partition coefficient (Wildman–Crippen LogP) is 1.90. The number of carbonyl (C=O) groups excluding carboxylic acids is 1. The Morgan fingerprint density at radius 2 is 1.89 bits per heavy atom. The summed E-state index contributed by atoms with van der Waals surface area (Å²) in [7, 11) is 0. The van der Waals surface area contributed by atoms with Crippen molar-refractivity contribution in [1.82, 2.24) is 5.32 Å². The van der Waals surface area contributed by atoms with Gasteiger partial charge in [0.1, 0.15) is 0 Å². The molecule has 0 fully saturated rings. The van der Waals surface area contributed by atoms with Crippen molar-refractivity contribution in [2.75, 3.05) is 6.54 Å². The van der Waals surface area contributed by atoms with Crippen molar-refractivity contribution >= 4 is 5.91 Å². The van der Waals surface area contributed by atoms with E-state index in [1.165, 1.54) is 12.8 Å². The molecular weight excluding hydrogens is 226 g/mol. The van der Waals surface area contributed by atoms with E-state index in [9.17, 15) is 4.79 Å². The highest BCUT2D eigenvalue weighted by Gasteiger charge is 2.12. The second-order valence-corrected chi connectivity index (χ2v) is 5.14. The Labute approximate surface area is 111 Å². The van der Waals surface area contributed by atoms with Gasteiger partial charge in [-0.15, -0.1) is 0 Å². The third-order valence-electron chi connectivity index (χ3n) is 2.73. The molecule has 0 bridgehead atoms. The standard InChI is InChI=1S/C14H29N3O/c1-12(2)11-13(16)14(18)17-10-8-6-4-3-5-7-9-15/h8,10,12-13H,3-7,9,11,15-16H2,1-2H3,(H,17,18)/b10-8+. The third-order valence-corrected chi connectivity index (χ3v) is 2.73. The molecule has 4 nitrogen and oxygen atoms in total. The summed E-state index contributed by atoms with van der Waals surface area (Å²) < 4.78 is 0. The molecule has 0 aliphatic carbocycles. The lowest BCUT2D eigenvalue weighted by atomic mass is 10.0. The summed E-state index contributed by atoms with van der Waals surface area (Å²) in [6.45, 7) is 4.90. The van der Waals surface area contributed by atoms with E-state index in [4.69, 9.17) is 11.5 Å². The summed E-state index contributed by atoms with van der Waals surface area (Å²) >= 11 is 0. The maximum absolute atomic E-state index is 11.6. The molecule has 0 aromatic rings. The lowest BCUT2D eigenvalue weighted by molar-refractivity contribution is -0.121. The monoisotopic (exact) mass is 255 g/mol. The molecule has 0 saturated heterocycles. The minimum atomic E-state index is -0.404. The van der Waals surface area contributed by atoms with Crippen LogP contribution in [-0.2, 0) is 4.79 Å². The highest BCUT2D eigenvalue weighted by Crippen LogP contribution is 2.03. The van der Waals surface area contributed by atoms with Crippen LogP contribution in [0, 0.1) is 5.92 Å². The van der Waals surface area contributed by atoms with Gasteiger partial charge < -0.3 is 16.8 Å². The van der Waals surface area contributed by atoms with Crippen LogP contribution in [0.2, 0.25) is 0 Å². The van der Waals surface area contributed by atoms with Crippen LogP contribution < -0.4 is 16.8 Å². The van der Waals surface area contributed by atoms with Crippen LogP contribution in [0.1, 0.15) is 52.4 Å². The minimum absolute atomic E-state index is 0.0944. The van der Waals surface area contributed by atoms with E-state index in [2.05, 4.69) is 19.2 Å². The zero-order chi connectivity index (χ0) is 13.8. The lowest BCUT2D eigenvalue weighted by Crippen LogP contribution is -2.39. The summed E-state index contributed by atoms with van der Waals surface area (Å²) in [5, 5.41) is 2.73. The molecule has 0 aromatic heterocycles. The summed E-state index contributed by atoms with van der Waals surface area (Å²) in [6.07, 6.45) is 10.0. The van der Waals surface area contributed by atoms with Gasteiger partial charge in [-0.2, -0.15) is 0 Å². The average molecular weight is 255 g/mol. The first kappa shape index (κ1) is 17.1. The first-order valence-electron chi connectivity index (χ1n) is 6.99. The van der Waals surface area contributed by atoms with Crippen molar-refractivity contribution in [2.24, 2.45) is 17.4 Å². The molecule has 5 N–H and O–H groups in total. The number of nitrogens with one attached hydrogen (secondary N) is 1. The Kier molecular flexibility index (Phi) is 10.7.